The zero-order valence-corrected chi connectivity index (χ0v) is 13.8. The van der Waals surface area contributed by atoms with Crippen LogP contribution in [-0.2, 0) is 10.0 Å². The Bertz CT molecular complexity index is 1050. The van der Waals surface area contributed by atoms with Gasteiger partial charge in [-0.05, 0) is 36.4 Å². The number of hydrogen-bond acceptors (Lipinski definition) is 4. The predicted molar refractivity (Wildman–Crippen MR) is 84.6 cm³/mol. The number of nitrogens with zero attached hydrogens (tertiary/aromatic N) is 1. The molecule has 0 saturated carbocycles. The van der Waals surface area contributed by atoms with Crippen molar-refractivity contribution in [3.8, 4) is 11.3 Å². The fourth-order valence-corrected chi connectivity index (χ4v) is 4.02. The predicted octanol–water partition coefficient (Wildman–Crippen LogP) is 4.17. The highest BCUT2D eigenvalue weighted by molar-refractivity contribution is 7.93. The average molecular weight is 388 g/mol. The molecule has 0 atom stereocenters. The number of anilines is 1. The Labute approximate surface area is 143 Å². The Kier molecular flexibility index (Phi) is 4.48. The Morgan fingerprint density at radius 1 is 0.920 bits per heavy atom. The van der Waals surface area contributed by atoms with E-state index in [0.717, 1.165) is 29.5 Å². The molecule has 0 unspecified atom stereocenters. The number of benzene rings is 2. The Balaban J connectivity index is 1.90. The lowest BCUT2D eigenvalue weighted by Crippen LogP contribution is -2.14. The van der Waals surface area contributed by atoms with Crippen LogP contribution < -0.4 is 4.72 Å². The van der Waals surface area contributed by atoms with Gasteiger partial charge in [0.05, 0.1) is 5.69 Å². The zero-order chi connectivity index (χ0) is 18.2. The van der Waals surface area contributed by atoms with Gasteiger partial charge in [-0.2, -0.15) is 0 Å². The minimum atomic E-state index is -4.40. The number of thiazole rings is 1. The molecule has 2 aromatic carbocycles. The SMILES string of the molecule is O=S(=O)(Nc1nc(-c2ccc(F)c(F)c2)cs1)c1cc(F)ccc1F. The number of aromatic nitrogens is 1. The van der Waals surface area contributed by atoms with Gasteiger partial charge in [-0.25, -0.2) is 31.0 Å². The molecule has 10 heteroatoms. The topological polar surface area (TPSA) is 59.1 Å². The van der Waals surface area contributed by atoms with Gasteiger partial charge in [0.25, 0.3) is 10.0 Å². The summed E-state index contributed by atoms with van der Waals surface area (Å²) in [7, 11) is -4.40. The molecule has 1 heterocycles. The van der Waals surface area contributed by atoms with E-state index in [9.17, 15) is 26.0 Å². The van der Waals surface area contributed by atoms with Crippen LogP contribution in [-0.4, -0.2) is 13.4 Å². The standard InChI is InChI=1S/C15H8F4N2O2S2/c16-9-2-4-11(18)14(6-9)25(22,23)21-15-20-13(7-24-15)8-1-3-10(17)12(19)5-8/h1-7H,(H,20,21). The maximum Gasteiger partial charge on any atom is 0.266 e. The van der Waals surface area contributed by atoms with E-state index in [4.69, 9.17) is 0 Å². The second kappa shape index (κ2) is 6.45. The molecule has 0 bridgehead atoms. The minimum absolute atomic E-state index is 0.136. The molecular weight excluding hydrogens is 380 g/mol. The molecule has 0 amide bonds. The second-order valence-corrected chi connectivity index (χ2v) is 7.36. The third-order valence-corrected chi connectivity index (χ3v) is 5.36. The van der Waals surface area contributed by atoms with Gasteiger partial charge in [0.1, 0.15) is 16.5 Å². The molecule has 0 spiro atoms. The molecule has 3 rings (SSSR count). The third kappa shape index (κ3) is 3.64. The van der Waals surface area contributed by atoms with E-state index in [1.54, 1.807) is 0 Å². The fraction of sp³-hybridized carbons (Fsp3) is 0. The zero-order valence-electron chi connectivity index (χ0n) is 12.1. The highest BCUT2D eigenvalue weighted by Crippen LogP contribution is 2.28. The third-order valence-electron chi connectivity index (χ3n) is 3.12. The first-order chi connectivity index (χ1) is 11.8. The van der Waals surface area contributed by atoms with Crippen molar-refractivity contribution < 1.29 is 26.0 Å². The van der Waals surface area contributed by atoms with Crippen molar-refractivity contribution >= 4 is 26.5 Å². The van der Waals surface area contributed by atoms with Crippen LogP contribution in [0.3, 0.4) is 0 Å². The number of rotatable bonds is 4. The molecular formula is C15H8F4N2O2S2. The maximum atomic E-state index is 13.6. The Morgan fingerprint density at radius 2 is 1.64 bits per heavy atom. The molecule has 130 valence electrons. The summed E-state index contributed by atoms with van der Waals surface area (Å²) < 4.78 is 79.4. The molecule has 25 heavy (non-hydrogen) atoms. The van der Waals surface area contributed by atoms with Crippen LogP contribution in [0.1, 0.15) is 0 Å². The van der Waals surface area contributed by atoms with Gasteiger partial charge in [-0.1, -0.05) is 0 Å². The van der Waals surface area contributed by atoms with E-state index in [1.807, 2.05) is 4.72 Å². The van der Waals surface area contributed by atoms with Crippen molar-refractivity contribution in [2.75, 3.05) is 4.72 Å². The number of nitrogens with one attached hydrogen (secondary N) is 1. The van der Waals surface area contributed by atoms with Gasteiger partial charge in [0.15, 0.2) is 16.8 Å². The summed E-state index contributed by atoms with van der Waals surface area (Å²) in [6.45, 7) is 0. The monoisotopic (exact) mass is 388 g/mol. The largest absolute Gasteiger partial charge is 0.266 e. The molecule has 4 nitrogen and oxygen atoms in total. The average Bonchev–Trinajstić information content (AvgIpc) is 3.00. The molecule has 0 radical (unpaired) electrons. The van der Waals surface area contributed by atoms with Crippen LogP contribution in [0.15, 0.2) is 46.7 Å². The Morgan fingerprint density at radius 3 is 2.36 bits per heavy atom. The lowest BCUT2D eigenvalue weighted by molar-refractivity contribution is 0.509. The number of halogens is 4. The van der Waals surface area contributed by atoms with Crippen LogP contribution in [0, 0.1) is 23.3 Å². The summed E-state index contributed by atoms with van der Waals surface area (Å²) >= 11 is 0.852. The molecule has 3 aromatic rings. The van der Waals surface area contributed by atoms with Gasteiger partial charge in [-0.3, -0.25) is 4.72 Å². The van der Waals surface area contributed by atoms with Crippen LogP contribution >= 0.6 is 11.3 Å². The molecule has 1 N–H and O–H groups in total. The van der Waals surface area contributed by atoms with Gasteiger partial charge in [-0.15, -0.1) is 11.3 Å². The normalized spacial score (nSPS) is 11.5. The van der Waals surface area contributed by atoms with E-state index >= 15 is 0 Å². The van der Waals surface area contributed by atoms with Crippen molar-refractivity contribution in [3.05, 3.63) is 65.0 Å². The summed E-state index contributed by atoms with van der Waals surface area (Å²) in [5, 5.41) is 1.27. The van der Waals surface area contributed by atoms with E-state index in [0.29, 0.717) is 12.1 Å². The molecule has 0 aliphatic rings. The van der Waals surface area contributed by atoms with Crippen LogP contribution in [0.5, 0.6) is 0 Å². The van der Waals surface area contributed by atoms with Crippen molar-refractivity contribution in [3.63, 3.8) is 0 Å². The highest BCUT2D eigenvalue weighted by atomic mass is 32.2. The summed E-state index contributed by atoms with van der Waals surface area (Å²) in [5.41, 5.74) is 0.429. The smallest absolute Gasteiger partial charge is 0.255 e. The minimum Gasteiger partial charge on any atom is -0.255 e. The first-order valence-corrected chi connectivity index (χ1v) is 9.01. The Hall–Kier alpha value is -2.46. The van der Waals surface area contributed by atoms with E-state index in [-0.39, 0.29) is 16.4 Å². The van der Waals surface area contributed by atoms with Crippen molar-refractivity contribution in [1.82, 2.24) is 4.98 Å². The first kappa shape index (κ1) is 17.4. The van der Waals surface area contributed by atoms with E-state index in [1.165, 1.54) is 11.4 Å². The van der Waals surface area contributed by atoms with Gasteiger partial charge < -0.3 is 0 Å². The van der Waals surface area contributed by atoms with Gasteiger partial charge in [0, 0.05) is 10.9 Å². The molecule has 0 fully saturated rings. The van der Waals surface area contributed by atoms with E-state index < -0.39 is 38.2 Å². The molecule has 0 aliphatic carbocycles. The molecule has 0 saturated heterocycles. The lowest BCUT2D eigenvalue weighted by Gasteiger charge is -2.06. The summed E-state index contributed by atoms with van der Waals surface area (Å²) in [5.74, 6) is -4.13. The number of hydrogen-bond donors (Lipinski definition) is 1. The summed E-state index contributed by atoms with van der Waals surface area (Å²) in [6, 6.07) is 5.13. The summed E-state index contributed by atoms with van der Waals surface area (Å²) in [6.07, 6.45) is 0. The van der Waals surface area contributed by atoms with Gasteiger partial charge >= 0.3 is 0 Å². The lowest BCUT2D eigenvalue weighted by atomic mass is 10.2. The van der Waals surface area contributed by atoms with Crippen molar-refractivity contribution in [1.29, 1.82) is 0 Å². The van der Waals surface area contributed by atoms with Crippen LogP contribution in [0.25, 0.3) is 11.3 Å². The molecule has 1 aromatic heterocycles. The van der Waals surface area contributed by atoms with Gasteiger partial charge in [0.2, 0.25) is 0 Å². The fourth-order valence-electron chi connectivity index (χ4n) is 1.96. The van der Waals surface area contributed by atoms with Crippen LogP contribution in [0.2, 0.25) is 0 Å². The molecule has 0 aliphatic heterocycles. The second-order valence-electron chi connectivity index (χ2n) is 4.85. The van der Waals surface area contributed by atoms with Crippen molar-refractivity contribution in [2.45, 2.75) is 4.90 Å². The highest BCUT2D eigenvalue weighted by Gasteiger charge is 2.21. The quantitative estimate of drug-likeness (QED) is 0.683. The number of sulfonamides is 1. The first-order valence-electron chi connectivity index (χ1n) is 6.65. The van der Waals surface area contributed by atoms with Crippen LogP contribution in [0.4, 0.5) is 22.7 Å². The van der Waals surface area contributed by atoms with Crippen molar-refractivity contribution in [2.24, 2.45) is 0 Å². The van der Waals surface area contributed by atoms with E-state index in [2.05, 4.69) is 4.98 Å². The summed E-state index contributed by atoms with van der Waals surface area (Å²) in [4.78, 5) is 3.07. The maximum absolute atomic E-state index is 13.6.